The smallest absolute Gasteiger partial charge is 0.252 e. The molecule has 0 saturated carbocycles. The first-order valence-corrected chi connectivity index (χ1v) is 8.71. The fourth-order valence-electron chi connectivity index (χ4n) is 2.55. The van der Waals surface area contributed by atoms with E-state index >= 15 is 0 Å². The summed E-state index contributed by atoms with van der Waals surface area (Å²) in [4.78, 5) is 20.2. The average molecular weight is 414 g/mol. The summed E-state index contributed by atoms with van der Waals surface area (Å²) in [6.07, 6.45) is 1.56. The molecule has 1 aromatic carbocycles. The van der Waals surface area contributed by atoms with Crippen molar-refractivity contribution in [2.24, 2.45) is 5.73 Å². The lowest BCUT2D eigenvalue weighted by Crippen LogP contribution is -2.24. The quantitative estimate of drug-likeness (QED) is 0.549. The number of anilines is 3. The van der Waals surface area contributed by atoms with Gasteiger partial charge in [-0.3, -0.25) is 4.79 Å². The fourth-order valence-corrected chi connectivity index (χ4v) is 3.01. The van der Waals surface area contributed by atoms with E-state index in [-0.39, 0.29) is 28.7 Å². The van der Waals surface area contributed by atoms with E-state index in [1.54, 1.807) is 20.9 Å². The third-order valence-corrected chi connectivity index (χ3v) is 4.20. The molecule has 1 aromatic heterocycles. The summed E-state index contributed by atoms with van der Waals surface area (Å²) in [6, 6.07) is 1.40. The number of nitrogens with two attached hydrogens (primary N) is 1. The van der Waals surface area contributed by atoms with E-state index in [1.807, 2.05) is 0 Å². The number of nitrogens with one attached hydrogen (secondary N) is 2. The highest BCUT2D eigenvalue weighted by Crippen LogP contribution is 2.40. The lowest BCUT2D eigenvalue weighted by atomic mass is 9.94. The molecule has 10 heteroatoms. The molecule has 0 bridgehead atoms. The summed E-state index contributed by atoms with van der Waals surface area (Å²) in [5.41, 5.74) is 5.30. The number of halogens is 2. The van der Waals surface area contributed by atoms with Gasteiger partial charge in [0.1, 0.15) is 16.6 Å². The number of methoxy groups -OCH3 is 1. The summed E-state index contributed by atoms with van der Waals surface area (Å²) in [5.74, 6) is 0.170. The van der Waals surface area contributed by atoms with Crippen LogP contribution in [0.1, 0.15) is 29.8 Å². The molecule has 0 unspecified atom stereocenters. The van der Waals surface area contributed by atoms with E-state index in [9.17, 15) is 9.90 Å². The molecule has 2 aromatic rings. The molecular formula is C17H21Cl2N5O3. The highest BCUT2D eigenvalue weighted by atomic mass is 35.5. The van der Waals surface area contributed by atoms with Crippen LogP contribution in [-0.2, 0) is 6.42 Å². The number of ether oxygens (including phenoxy) is 1. The number of hydrogen-bond donors (Lipinski definition) is 4. The third kappa shape index (κ3) is 4.91. The summed E-state index contributed by atoms with van der Waals surface area (Å²) >= 11 is 12.4. The lowest BCUT2D eigenvalue weighted by molar-refractivity contribution is 0.0802. The van der Waals surface area contributed by atoms with Crippen LogP contribution in [0.15, 0.2) is 12.3 Å². The van der Waals surface area contributed by atoms with Gasteiger partial charge in [0, 0.05) is 19.0 Å². The maximum absolute atomic E-state index is 11.8. The number of benzene rings is 1. The Labute approximate surface area is 167 Å². The monoisotopic (exact) mass is 413 g/mol. The molecule has 1 heterocycles. The van der Waals surface area contributed by atoms with Crippen LogP contribution in [-0.4, -0.2) is 40.7 Å². The summed E-state index contributed by atoms with van der Waals surface area (Å²) in [6.45, 7) is 3.25. The Hall–Kier alpha value is -2.29. The SMILES string of the molecule is CNc1nc(Nc2c(Cl)cc(C(N)=O)c(OC)c2CC(C)(C)O)ncc1Cl. The molecule has 146 valence electrons. The summed E-state index contributed by atoms with van der Waals surface area (Å²) in [7, 11) is 3.08. The third-order valence-electron chi connectivity index (χ3n) is 3.63. The minimum absolute atomic E-state index is 0.111. The molecule has 0 aliphatic heterocycles. The van der Waals surface area contributed by atoms with Crippen molar-refractivity contribution in [3.05, 3.63) is 33.4 Å². The van der Waals surface area contributed by atoms with Crippen LogP contribution in [0.2, 0.25) is 10.0 Å². The number of rotatable bonds is 7. The van der Waals surface area contributed by atoms with Crippen LogP contribution in [0.25, 0.3) is 0 Å². The predicted octanol–water partition coefficient (Wildman–Crippen LogP) is 2.99. The summed E-state index contributed by atoms with van der Waals surface area (Å²) < 4.78 is 5.40. The average Bonchev–Trinajstić information content (AvgIpc) is 2.57. The molecule has 0 atom stereocenters. The van der Waals surface area contributed by atoms with E-state index in [0.717, 1.165) is 0 Å². The molecule has 1 amide bonds. The van der Waals surface area contributed by atoms with Crippen LogP contribution in [0, 0.1) is 0 Å². The first-order valence-electron chi connectivity index (χ1n) is 7.96. The Balaban J connectivity index is 2.65. The van der Waals surface area contributed by atoms with Crippen molar-refractivity contribution in [2.75, 3.05) is 24.8 Å². The van der Waals surface area contributed by atoms with Crippen molar-refractivity contribution in [1.82, 2.24) is 9.97 Å². The van der Waals surface area contributed by atoms with Gasteiger partial charge in [-0.15, -0.1) is 0 Å². The Morgan fingerprint density at radius 3 is 2.56 bits per heavy atom. The number of primary amides is 1. The van der Waals surface area contributed by atoms with Gasteiger partial charge in [0.05, 0.1) is 35.2 Å². The number of carbonyl (C=O) groups is 1. The molecule has 0 fully saturated rings. The second kappa shape index (κ2) is 8.16. The van der Waals surface area contributed by atoms with E-state index in [0.29, 0.717) is 22.1 Å². The molecule has 0 spiro atoms. The largest absolute Gasteiger partial charge is 0.496 e. The fraction of sp³-hybridized carbons (Fsp3) is 0.353. The minimum Gasteiger partial charge on any atom is -0.496 e. The van der Waals surface area contributed by atoms with Gasteiger partial charge in [-0.05, 0) is 19.9 Å². The molecule has 2 rings (SSSR count). The van der Waals surface area contributed by atoms with E-state index in [1.165, 1.54) is 19.4 Å². The maximum atomic E-state index is 11.8. The first-order chi connectivity index (χ1) is 12.6. The van der Waals surface area contributed by atoms with Crippen LogP contribution in [0.5, 0.6) is 5.75 Å². The highest BCUT2D eigenvalue weighted by molar-refractivity contribution is 6.34. The van der Waals surface area contributed by atoms with Gasteiger partial charge in [0.25, 0.3) is 5.91 Å². The lowest BCUT2D eigenvalue weighted by Gasteiger charge is -2.24. The molecule has 8 nitrogen and oxygen atoms in total. The number of carbonyl (C=O) groups excluding carboxylic acids is 1. The number of amides is 1. The van der Waals surface area contributed by atoms with Crippen molar-refractivity contribution < 1.29 is 14.6 Å². The van der Waals surface area contributed by atoms with Crippen LogP contribution < -0.4 is 21.1 Å². The van der Waals surface area contributed by atoms with Gasteiger partial charge in [-0.25, -0.2) is 4.98 Å². The van der Waals surface area contributed by atoms with Gasteiger partial charge in [-0.1, -0.05) is 23.2 Å². The number of nitrogens with zero attached hydrogens (tertiary/aromatic N) is 2. The molecule has 5 N–H and O–H groups in total. The number of aliphatic hydroxyl groups is 1. The van der Waals surface area contributed by atoms with E-state index < -0.39 is 11.5 Å². The van der Waals surface area contributed by atoms with Gasteiger partial charge in [0.2, 0.25) is 5.95 Å². The Morgan fingerprint density at radius 1 is 1.37 bits per heavy atom. The highest BCUT2D eigenvalue weighted by Gasteiger charge is 2.26. The second-order valence-electron chi connectivity index (χ2n) is 6.41. The van der Waals surface area contributed by atoms with E-state index in [4.69, 9.17) is 33.7 Å². The topological polar surface area (TPSA) is 122 Å². The van der Waals surface area contributed by atoms with Gasteiger partial charge in [0.15, 0.2) is 0 Å². The zero-order valence-electron chi connectivity index (χ0n) is 15.4. The molecule has 0 saturated heterocycles. The predicted molar refractivity (Wildman–Crippen MR) is 106 cm³/mol. The van der Waals surface area contributed by atoms with Crippen LogP contribution >= 0.6 is 23.2 Å². The standard InChI is InChI=1S/C17H21Cl2N5O3/c1-17(2,26)6-9-12(10(18)5-8(14(20)25)13(9)27-4)23-16-22-7-11(19)15(21-3)24-16/h5,7,26H,6H2,1-4H3,(H2,20,25)(H2,21,22,23,24). The zero-order chi connectivity index (χ0) is 20.4. The van der Waals surface area contributed by atoms with Crippen molar-refractivity contribution in [3.8, 4) is 5.75 Å². The molecule has 0 aliphatic carbocycles. The van der Waals surface area contributed by atoms with Crippen molar-refractivity contribution in [1.29, 1.82) is 0 Å². The normalized spacial score (nSPS) is 11.2. The van der Waals surface area contributed by atoms with Crippen molar-refractivity contribution in [2.45, 2.75) is 25.9 Å². The number of hydrogen-bond acceptors (Lipinski definition) is 7. The van der Waals surface area contributed by atoms with Gasteiger partial charge >= 0.3 is 0 Å². The summed E-state index contributed by atoms with van der Waals surface area (Å²) in [5, 5.41) is 16.7. The van der Waals surface area contributed by atoms with Gasteiger partial charge in [-0.2, -0.15) is 4.98 Å². The molecule has 0 aliphatic rings. The van der Waals surface area contributed by atoms with Crippen molar-refractivity contribution >= 4 is 46.6 Å². The molecular weight excluding hydrogens is 393 g/mol. The maximum Gasteiger partial charge on any atom is 0.252 e. The molecule has 27 heavy (non-hydrogen) atoms. The first kappa shape index (κ1) is 21.0. The zero-order valence-corrected chi connectivity index (χ0v) is 16.9. The molecule has 0 radical (unpaired) electrons. The van der Waals surface area contributed by atoms with E-state index in [2.05, 4.69) is 20.6 Å². The Morgan fingerprint density at radius 2 is 2.04 bits per heavy atom. The minimum atomic E-state index is -1.11. The van der Waals surface area contributed by atoms with Crippen LogP contribution in [0.3, 0.4) is 0 Å². The Kier molecular flexibility index (Phi) is 6.35. The number of aromatic nitrogens is 2. The van der Waals surface area contributed by atoms with Gasteiger partial charge < -0.3 is 26.2 Å². The Bertz CT molecular complexity index is 869. The second-order valence-corrected chi connectivity index (χ2v) is 7.23. The van der Waals surface area contributed by atoms with Crippen LogP contribution in [0.4, 0.5) is 17.5 Å². The van der Waals surface area contributed by atoms with Crippen molar-refractivity contribution in [3.63, 3.8) is 0 Å².